The van der Waals surface area contributed by atoms with Crippen LogP contribution in [0.4, 0.5) is 10.1 Å². The van der Waals surface area contributed by atoms with Crippen molar-refractivity contribution in [2.75, 3.05) is 5.32 Å². The van der Waals surface area contributed by atoms with Gasteiger partial charge in [-0.25, -0.2) is 9.18 Å². The molecule has 17 heavy (non-hydrogen) atoms. The summed E-state index contributed by atoms with van der Waals surface area (Å²) in [6.45, 7) is 1.83. The molecular formula is C11H11BrFNO3. The molecule has 0 fully saturated rings. The summed E-state index contributed by atoms with van der Waals surface area (Å²) >= 11 is 3.16. The molecule has 0 aromatic heterocycles. The van der Waals surface area contributed by atoms with Crippen LogP contribution in [-0.2, 0) is 4.79 Å². The van der Waals surface area contributed by atoms with E-state index < -0.39 is 17.3 Å². The average molecular weight is 304 g/mol. The van der Waals surface area contributed by atoms with Gasteiger partial charge >= 0.3 is 5.97 Å². The van der Waals surface area contributed by atoms with Crippen LogP contribution in [0.3, 0.4) is 0 Å². The monoisotopic (exact) mass is 303 g/mol. The number of aromatic carboxylic acids is 1. The number of halogens is 2. The maximum absolute atomic E-state index is 13.3. The highest BCUT2D eigenvalue weighted by Gasteiger charge is 2.14. The van der Waals surface area contributed by atoms with E-state index in [2.05, 4.69) is 21.2 Å². The van der Waals surface area contributed by atoms with E-state index in [0.29, 0.717) is 6.42 Å². The molecule has 1 aromatic carbocycles. The molecule has 0 heterocycles. The van der Waals surface area contributed by atoms with Crippen molar-refractivity contribution < 1.29 is 19.1 Å². The summed E-state index contributed by atoms with van der Waals surface area (Å²) in [6.07, 6.45) is 0.599. The van der Waals surface area contributed by atoms with Crippen LogP contribution < -0.4 is 5.32 Å². The van der Waals surface area contributed by atoms with Gasteiger partial charge < -0.3 is 10.4 Å². The van der Waals surface area contributed by atoms with E-state index in [1.807, 2.05) is 6.92 Å². The first-order valence-corrected chi connectivity index (χ1v) is 5.85. The lowest BCUT2D eigenvalue weighted by Crippen LogP contribution is -2.22. The minimum absolute atomic E-state index is 0.232. The van der Waals surface area contributed by atoms with Gasteiger partial charge in [-0.2, -0.15) is 0 Å². The van der Waals surface area contributed by atoms with Gasteiger partial charge in [-0.15, -0.1) is 0 Å². The summed E-state index contributed by atoms with van der Waals surface area (Å²) in [5, 5.41) is 11.1. The fraction of sp³-hybridized carbons (Fsp3) is 0.273. The Morgan fingerprint density at radius 2 is 2.18 bits per heavy atom. The Hall–Kier alpha value is -1.43. The van der Waals surface area contributed by atoms with E-state index in [1.165, 1.54) is 6.07 Å². The molecule has 6 heteroatoms. The van der Waals surface area contributed by atoms with Gasteiger partial charge in [0.15, 0.2) is 0 Å². The van der Waals surface area contributed by atoms with E-state index in [-0.39, 0.29) is 16.4 Å². The summed E-state index contributed by atoms with van der Waals surface area (Å²) in [4.78, 5) is 21.7. The number of nitrogens with one attached hydrogen (secondary N) is 1. The van der Waals surface area contributed by atoms with Crippen molar-refractivity contribution in [3.8, 4) is 0 Å². The normalized spacial score (nSPS) is 11.9. The molecule has 2 N–H and O–H groups in total. The fourth-order valence-corrected chi connectivity index (χ4v) is 1.29. The lowest BCUT2D eigenvalue weighted by Gasteiger charge is -2.09. The van der Waals surface area contributed by atoms with E-state index in [4.69, 9.17) is 5.11 Å². The van der Waals surface area contributed by atoms with Crippen molar-refractivity contribution in [2.45, 2.75) is 18.2 Å². The number of carboxylic acid groups (broad SMARTS) is 1. The molecule has 0 unspecified atom stereocenters. The minimum Gasteiger partial charge on any atom is -0.478 e. The third kappa shape index (κ3) is 3.52. The van der Waals surface area contributed by atoms with Gasteiger partial charge in [0, 0.05) is 5.69 Å². The number of benzene rings is 1. The van der Waals surface area contributed by atoms with E-state index in [9.17, 15) is 14.0 Å². The molecule has 0 aliphatic rings. The number of hydrogen-bond donors (Lipinski definition) is 2. The van der Waals surface area contributed by atoms with Crippen LogP contribution in [0.2, 0.25) is 0 Å². The topological polar surface area (TPSA) is 66.4 Å². The summed E-state index contributed by atoms with van der Waals surface area (Å²) in [6, 6.07) is 3.44. The Morgan fingerprint density at radius 1 is 1.53 bits per heavy atom. The Labute approximate surface area is 106 Å². The summed E-state index contributed by atoms with van der Waals surface area (Å²) in [5.74, 6) is -2.51. The number of carbonyl (C=O) groups is 2. The van der Waals surface area contributed by atoms with E-state index in [1.54, 1.807) is 0 Å². The Balaban J connectivity index is 2.84. The van der Waals surface area contributed by atoms with E-state index >= 15 is 0 Å². The quantitative estimate of drug-likeness (QED) is 0.840. The zero-order chi connectivity index (χ0) is 13.0. The number of carbonyl (C=O) groups excluding carboxylic acids is 1. The SMILES string of the molecule is CC[C@@H](Br)C(=O)Nc1ccc(C(=O)O)c(F)c1. The molecule has 0 aliphatic heterocycles. The largest absolute Gasteiger partial charge is 0.478 e. The Morgan fingerprint density at radius 3 is 2.65 bits per heavy atom. The molecule has 1 amide bonds. The van der Waals surface area contributed by atoms with E-state index in [0.717, 1.165) is 12.1 Å². The summed E-state index contributed by atoms with van der Waals surface area (Å²) in [5.41, 5.74) is -0.190. The highest BCUT2D eigenvalue weighted by molar-refractivity contribution is 9.10. The van der Waals surface area contributed by atoms with Crippen LogP contribution in [0.1, 0.15) is 23.7 Å². The second-order valence-electron chi connectivity index (χ2n) is 3.36. The second kappa shape index (κ2) is 5.77. The Bertz CT molecular complexity index is 450. The molecule has 0 aliphatic carbocycles. The number of amides is 1. The summed E-state index contributed by atoms with van der Waals surface area (Å²) in [7, 11) is 0. The standard InChI is InChI=1S/C11H11BrFNO3/c1-2-8(12)10(15)14-6-3-4-7(11(16)17)9(13)5-6/h3-5,8H,2H2,1H3,(H,14,15)(H,16,17)/t8-/m1/s1. The van der Waals surface area contributed by atoms with Gasteiger partial charge in [-0.05, 0) is 24.6 Å². The number of alkyl halides is 1. The highest BCUT2D eigenvalue weighted by atomic mass is 79.9. The van der Waals surface area contributed by atoms with Crippen molar-refractivity contribution in [3.05, 3.63) is 29.6 Å². The predicted octanol–water partition coefficient (Wildman–Crippen LogP) is 2.64. The zero-order valence-corrected chi connectivity index (χ0v) is 10.6. The maximum Gasteiger partial charge on any atom is 0.338 e. The fourth-order valence-electron chi connectivity index (χ4n) is 1.17. The first-order valence-electron chi connectivity index (χ1n) is 4.93. The number of anilines is 1. The number of rotatable bonds is 4. The van der Waals surface area contributed by atoms with Crippen LogP contribution in [0, 0.1) is 5.82 Å². The zero-order valence-electron chi connectivity index (χ0n) is 9.04. The smallest absolute Gasteiger partial charge is 0.338 e. The van der Waals surface area contributed by atoms with Gasteiger partial charge in [-0.1, -0.05) is 22.9 Å². The average Bonchev–Trinajstić information content (AvgIpc) is 2.27. The molecule has 0 radical (unpaired) electrons. The first kappa shape index (κ1) is 13.6. The lowest BCUT2D eigenvalue weighted by molar-refractivity contribution is -0.115. The predicted molar refractivity (Wildman–Crippen MR) is 65.0 cm³/mol. The minimum atomic E-state index is -1.34. The Kier molecular flexibility index (Phi) is 4.62. The van der Waals surface area contributed by atoms with Crippen LogP contribution in [0.25, 0.3) is 0 Å². The number of hydrogen-bond acceptors (Lipinski definition) is 2. The third-order valence-electron chi connectivity index (χ3n) is 2.11. The third-order valence-corrected chi connectivity index (χ3v) is 3.17. The molecule has 1 aromatic rings. The van der Waals surface area contributed by atoms with Crippen molar-refractivity contribution in [1.29, 1.82) is 0 Å². The molecule has 1 atom stereocenters. The van der Waals surface area contributed by atoms with Crippen molar-refractivity contribution in [3.63, 3.8) is 0 Å². The molecule has 0 bridgehead atoms. The van der Waals surface area contributed by atoms with Gasteiger partial charge in [0.05, 0.1) is 10.4 Å². The maximum atomic E-state index is 13.3. The van der Waals surface area contributed by atoms with Crippen LogP contribution in [0.15, 0.2) is 18.2 Å². The van der Waals surface area contributed by atoms with Crippen LogP contribution in [0.5, 0.6) is 0 Å². The lowest BCUT2D eigenvalue weighted by atomic mass is 10.2. The first-order chi connectivity index (χ1) is 7.95. The molecule has 0 saturated heterocycles. The van der Waals surface area contributed by atoms with Gasteiger partial charge in [0.1, 0.15) is 5.82 Å². The molecule has 92 valence electrons. The van der Waals surface area contributed by atoms with Gasteiger partial charge in [0.25, 0.3) is 0 Å². The van der Waals surface area contributed by atoms with Gasteiger partial charge in [0.2, 0.25) is 5.91 Å². The van der Waals surface area contributed by atoms with Crippen molar-refractivity contribution in [1.82, 2.24) is 0 Å². The van der Waals surface area contributed by atoms with Crippen LogP contribution in [-0.4, -0.2) is 21.8 Å². The van der Waals surface area contributed by atoms with Crippen LogP contribution >= 0.6 is 15.9 Å². The molecule has 0 spiro atoms. The molecule has 0 saturated carbocycles. The number of carboxylic acids is 1. The van der Waals surface area contributed by atoms with Gasteiger partial charge in [-0.3, -0.25) is 4.79 Å². The molecule has 4 nitrogen and oxygen atoms in total. The van der Waals surface area contributed by atoms with Crippen molar-refractivity contribution in [2.24, 2.45) is 0 Å². The summed E-state index contributed by atoms with van der Waals surface area (Å²) < 4.78 is 13.3. The molecular weight excluding hydrogens is 293 g/mol. The second-order valence-corrected chi connectivity index (χ2v) is 4.47. The highest BCUT2D eigenvalue weighted by Crippen LogP contribution is 2.16. The molecule has 1 rings (SSSR count). The van der Waals surface area contributed by atoms with Crippen molar-refractivity contribution >= 4 is 33.5 Å².